The fourth-order valence-electron chi connectivity index (χ4n) is 1.30. The number of rotatable bonds is 9. The molecule has 0 aliphatic rings. The van der Waals surface area contributed by atoms with Crippen LogP contribution >= 0.6 is 11.8 Å². The molecule has 0 aromatic heterocycles. The summed E-state index contributed by atoms with van der Waals surface area (Å²) in [5, 5.41) is 11.3. The molecule has 2 N–H and O–H groups in total. The zero-order valence-corrected chi connectivity index (χ0v) is 11.1. The van der Waals surface area contributed by atoms with Crippen LogP contribution in [-0.4, -0.2) is 43.1 Å². The molecule has 0 saturated heterocycles. The molecule has 18 heavy (non-hydrogen) atoms. The number of hydrogen-bond acceptors (Lipinski definition) is 4. The molecule has 1 rings (SSSR count). The Kier molecular flexibility index (Phi) is 8.29. The summed E-state index contributed by atoms with van der Waals surface area (Å²) in [5.41, 5.74) is 0. The first kappa shape index (κ1) is 15.0. The minimum Gasteiger partial charge on any atom is -0.394 e. The number of amides is 1. The Labute approximate surface area is 112 Å². The zero-order chi connectivity index (χ0) is 13.1. The number of ether oxygens (including phenoxy) is 1. The smallest absolute Gasteiger partial charge is 0.220 e. The van der Waals surface area contributed by atoms with Crippen molar-refractivity contribution in [3.63, 3.8) is 0 Å². The third kappa shape index (κ3) is 7.32. The maximum absolute atomic E-state index is 11.4. The maximum atomic E-state index is 11.4. The summed E-state index contributed by atoms with van der Waals surface area (Å²) in [6.07, 6.45) is 0.500. The fraction of sp³-hybridized carbons (Fsp3) is 0.462. The van der Waals surface area contributed by atoms with Gasteiger partial charge < -0.3 is 15.2 Å². The highest BCUT2D eigenvalue weighted by Crippen LogP contribution is 2.17. The van der Waals surface area contributed by atoms with Gasteiger partial charge in [0.25, 0.3) is 0 Å². The Bertz CT molecular complexity index is 332. The summed E-state index contributed by atoms with van der Waals surface area (Å²) in [4.78, 5) is 12.6. The topological polar surface area (TPSA) is 58.6 Å². The monoisotopic (exact) mass is 269 g/mol. The Hall–Kier alpha value is -1.04. The quantitative estimate of drug-likeness (QED) is 0.524. The molecule has 0 aliphatic heterocycles. The van der Waals surface area contributed by atoms with Crippen LogP contribution in [0.25, 0.3) is 0 Å². The molecule has 0 bridgehead atoms. The number of carbonyl (C=O) groups is 1. The van der Waals surface area contributed by atoms with Crippen LogP contribution < -0.4 is 5.32 Å². The number of aliphatic hydroxyl groups is 1. The summed E-state index contributed by atoms with van der Waals surface area (Å²) < 4.78 is 5.04. The van der Waals surface area contributed by atoms with Crippen LogP contribution in [0.3, 0.4) is 0 Å². The molecule has 1 aromatic carbocycles. The Morgan fingerprint density at radius 3 is 2.78 bits per heavy atom. The van der Waals surface area contributed by atoms with E-state index < -0.39 is 0 Å². The van der Waals surface area contributed by atoms with E-state index in [1.54, 1.807) is 11.8 Å². The largest absolute Gasteiger partial charge is 0.394 e. The van der Waals surface area contributed by atoms with Crippen LogP contribution in [0.5, 0.6) is 0 Å². The molecule has 0 atom stereocenters. The van der Waals surface area contributed by atoms with Gasteiger partial charge in [0.2, 0.25) is 5.91 Å². The third-order valence-electron chi connectivity index (χ3n) is 2.15. The molecule has 100 valence electrons. The Morgan fingerprint density at radius 2 is 2.06 bits per heavy atom. The van der Waals surface area contributed by atoms with E-state index in [9.17, 15) is 4.79 Å². The molecule has 0 radical (unpaired) electrons. The highest BCUT2D eigenvalue weighted by Gasteiger charge is 2.01. The van der Waals surface area contributed by atoms with Crippen LogP contribution in [0.15, 0.2) is 35.2 Å². The maximum Gasteiger partial charge on any atom is 0.220 e. The lowest BCUT2D eigenvalue weighted by atomic mass is 10.4. The first-order chi connectivity index (χ1) is 8.83. The molecule has 0 aliphatic carbocycles. The highest BCUT2D eigenvalue weighted by atomic mass is 32.2. The first-order valence-electron chi connectivity index (χ1n) is 5.96. The molecule has 1 aromatic rings. The van der Waals surface area contributed by atoms with E-state index >= 15 is 0 Å². The van der Waals surface area contributed by atoms with Gasteiger partial charge in [0.15, 0.2) is 0 Å². The van der Waals surface area contributed by atoms with Crippen molar-refractivity contribution in [2.75, 3.05) is 32.1 Å². The molecule has 4 nitrogen and oxygen atoms in total. The molecular formula is C13H19NO3S. The van der Waals surface area contributed by atoms with Gasteiger partial charge in [-0.1, -0.05) is 18.2 Å². The summed E-state index contributed by atoms with van der Waals surface area (Å²) in [6.45, 7) is 1.27. The van der Waals surface area contributed by atoms with Crippen LogP contribution in [0, 0.1) is 0 Å². The van der Waals surface area contributed by atoms with E-state index in [2.05, 4.69) is 5.32 Å². The molecule has 0 heterocycles. The van der Waals surface area contributed by atoms with Crippen molar-refractivity contribution in [3.8, 4) is 0 Å². The minimum absolute atomic E-state index is 0.0155. The van der Waals surface area contributed by atoms with E-state index in [0.717, 1.165) is 5.75 Å². The van der Waals surface area contributed by atoms with Gasteiger partial charge in [0.1, 0.15) is 0 Å². The first-order valence-corrected chi connectivity index (χ1v) is 6.94. The van der Waals surface area contributed by atoms with Crippen molar-refractivity contribution >= 4 is 17.7 Å². The number of carbonyl (C=O) groups excluding carboxylic acids is 1. The Morgan fingerprint density at radius 1 is 1.28 bits per heavy atom. The van der Waals surface area contributed by atoms with Crippen molar-refractivity contribution in [3.05, 3.63) is 30.3 Å². The van der Waals surface area contributed by atoms with Crippen LogP contribution in [-0.2, 0) is 9.53 Å². The highest BCUT2D eigenvalue weighted by molar-refractivity contribution is 7.99. The number of hydrogen-bond donors (Lipinski definition) is 2. The van der Waals surface area contributed by atoms with Crippen molar-refractivity contribution in [2.45, 2.75) is 11.3 Å². The van der Waals surface area contributed by atoms with E-state index in [1.807, 2.05) is 30.3 Å². The lowest BCUT2D eigenvalue weighted by Gasteiger charge is -2.05. The number of aliphatic hydroxyl groups excluding tert-OH is 1. The third-order valence-corrected chi connectivity index (χ3v) is 3.16. The summed E-state index contributed by atoms with van der Waals surface area (Å²) in [6, 6.07) is 10.0. The Balaban J connectivity index is 2.00. The average Bonchev–Trinajstić information content (AvgIpc) is 2.40. The SMILES string of the molecule is O=C(CCSc1ccccc1)NCCOCCO. The van der Waals surface area contributed by atoms with Gasteiger partial charge in [-0.2, -0.15) is 0 Å². The average molecular weight is 269 g/mol. The van der Waals surface area contributed by atoms with E-state index in [-0.39, 0.29) is 12.5 Å². The number of thioether (sulfide) groups is 1. The fourth-order valence-corrected chi connectivity index (χ4v) is 2.17. The van der Waals surface area contributed by atoms with Gasteiger partial charge in [0, 0.05) is 23.6 Å². The molecule has 1 amide bonds. The van der Waals surface area contributed by atoms with Gasteiger partial charge in [-0.15, -0.1) is 11.8 Å². The van der Waals surface area contributed by atoms with E-state index in [4.69, 9.17) is 9.84 Å². The van der Waals surface area contributed by atoms with Gasteiger partial charge in [-0.05, 0) is 12.1 Å². The summed E-state index contributed by atoms with van der Waals surface area (Å²) >= 11 is 1.67. The summed E-state index contributed by atoms with van der Waals surface area (Å²) in [7, 11) is 0. The van der Waals surface area contributed by atoms with Crippen molar-refractivity contribution in [2.24, 2.45) is 0 Å². The van der Waals surface area contributed by atoms with Crippen molar-refractivity contribution in [1.29, 1.82) is 0 Å². The minimum atomic E-state index is 0.0155. The second-order valence-electron chi connectivity index (χ2n) is 3.60. The molecule has 5 heteroatoms. The predicted molar refractivity (Wildman–Crippen MR) is 72.7 cm³/mol. The van der Waals surface area contributed by atoms with Gasteiger partial charge in [-0.3, -0.25) is 4.79 Å². The lowest BCUT2D eigenvalue weighted by Crippen LogP contribution is -2.27. The van der Waals surface area contributed by atoms with Gasteiger partial charge >= 0.3 is 0 Å². The molecular weight excluding hydrogens is 250 g/mol. The van der Waals surface area contributed by atoms with Gasteiger partial charge in [-0.25, -0.2) is 0 Å². The predicted octanol–water partition coefficient (Wildman–Crippen LogP) is 1.29. The van der Waals surface area contributed by atoms with E-state index in [0.29, 0.717) is 26.2 Å². The van der Waals surface area contributed by atoms with Gasteiger partial charge in [0.05, 0.1) is 19.8 Å². The van der Waals surface area contributed by atoms with Crippen LogP contribution in [0.1, 0.15) is 6.42 Å². The normalized spacial score (nSPS) is 10.3. The molecule has 0 fully saturated rings. The lowest BCUT2D eigenvalue weighted by molar-refractivity contribution is -0.120. The summed E-state index contributed by atoms with van der Waals surface area (Å²) in [5.74, 6) is 0.805. The number of nitrogens with one attached hydrogen (secondary N) is 1. The van der Waals surface area contributed by atoms with Crippen molar-refractivity contribution < 1.29 is 14.6 Å². The second kappa shape index (κ2) is 9.94. The standard InChI is InChI=1S/C13H19NO3S/c15-8-10-17-9-7-14-13(16)6-11-18-12-4-2-1-3-5-12/h1-5,15H,6-11H2,(H,14,16). The molecule has 0 spiro atoms. The molecule has 0 saturated carbocycles. The zero-order valence-electron chi connectivity index (χ0n) is 10.3. The van der Waals surface area contributed by atoms with Crippen molar-refractivity contribution in [1.82, 2.24) is 5.32 Å². The number of benzene rings is 1. The van der Waals surface area contributed by atoms with Crippen LogP contribution in [0.2, 0.25) is 0 Å². The van der Waals surface area contributed by atoms with Crippen LogP contribution in [0.4, 0.5) is 0 Å². The van der Waals surface area contributed by atoms with E-state index in [1.165, 1.54) is 4.90 Å². The second-order valence-corrected chi connectivity index (χ2v) is 4.77. The molecule has 0 unspecified atom stereocenters.